The minimum atomic E-state index is -5.08. The molecule has 1 aliphatic carbocycles. The molecule has 1 amide bonds. The van der Waals surface area contributed by atoms with Crippen LogP contribution in [0.2, 0.25) is 0 Å². The predicted molar refractivity (Wildman–Crippen MR) is 117 cm³/mol. The fourth-order valence-corrected chi connectivity index (χ4v) is 5.00. The van der Waals surface area contributed by atoms with Crippen molar-refractivity contribution in [1.29, 1.82) is 0 Å². The van der Waals surface area contributed by atoms with Gasteiger partial charge in [0.05, 0.1) is 6.61 Å². The number of hydrogen-bond donors (Lipinski definition) is 1. The number of benzene rings is 1. The zero-order valence-electron chi connectivity index (χ0n) is 19.0. The van der Waals surface area contributed by atoms with Crippen molar-refractivity contribution in [1.82, 2.24) is 9.80 Å². The number of rotatable bonds is 7. The smallest absolute Gasteiger partial charge is 0.475 e. The van der Waals surface area contributed by atoms with E-state index in [4.69, 9.17) is 14.6 Å². The zero-order chi connectivity index (χ0) is 24.1. The fraction of sp³-hybridized carbons (Fsp3) is 0.667. The first-order valence-corrected chi connectivity index (χ1v) is 11.5. The van der Waals surface area contributed by atoms with Gasteiger partial charge in [0.15, 0.2) is 0 Å². The Morgan fingerprint density at radius 1 is 1.18 bits per heavy atom. The summed E-state index contributed by atoms with van der Waals surface area (Å²) in [4.78, 5) is 26.5. The van der Waals surface area contributed by atoms with Crippen LogP contribution in [0.3, 0.4) is 0 Å². The molecular weight excluding hydrogens is 437 g/mol. The molecule has 0 aromatic heterocycles. The second-order valence-electron chi connectivity index (χ2n) is 9.51. The van der Waals surface area contributed by atoms with Crippen LogP contribution in [0, 0.1) is 17.3 Å². The van der Waals surface area contributed by atoms with Crippen LogP contribution in [0.25, 0.3) is 0 Å². The lowest BCUT2D eigenvalue weighted by Gasteiger charge is -2.30. The molecule has 1 saturated carbocycles. The molecule has 33 heavy (non-hydrogen) atoms. The lowest BCUT2D eigenvalue weighted by molar-refractivity contribution is -0.192. The third-order valence-corrected chi connectivity index (χ3v) is 6.92. The topological polar surface area (TPSA) is 70.1 Å². The minimum Gasteiger partial charge on any atom is -0.475 e. The molecule has 3 aliphatic rings. The van der Waals surface area contributed by atoms with E-state index in [1.807, 2.05) is 25.3 Å². The summed E-state index contributed by atoms with van der Waals surface area (Å²) in [5, 5.41) is 7.12. The van der Waals surface area contributed by atoms with Gasteiger partial charge in [0, 0.05) is 57.6 Å². The molecule has 2 saturated heterocycles. The summed E-state index contributed by atoms with van der Waals surface area (Å²) in [6.45, 7) is 6.23. The molecule has 9 heteroatoms. The summed E-state index contributed by atoms with van der Waals surface area (Å²) in [7, 11) is 1.81. The standard InChI is InChI=1S/C22H32N2O2.C2HF3O2/c1-26-15-20-14-23(13-19-7-8-19)16-22(20)11-12-24(17-22)21(25)10-9-18-5-3-2-4-6-18;3-2(4,5)1(6)7/h2-6,19-20H,7-17H2,1H3;(H,6,7)/t20-,22+;/m0./s1. The Labute approximate surface area is 192 Å². The lowest BCUT2D eigenvalue weighted by Crippen LogP contribution is -2.38. The molecule has 2 heterocycles. The van der Waals surface area contributed by atoms with Gasteiger partial charge < -0.3 is 19.6 Å². The number of ether oxygens (including phenoxy) is 1. The first-order valence-electron chi connectivity index (χ1n) is 11.5. The largest absolute Gasteiger partial charge is 0.490 e. The summed E-state index contributed by atoms with van der Waals surface area (Å²) in [5.41, 5.74) is 1.51. The fourth-order valence-electron chi connectivity index (χ4n) is 5.00. The van der Waals surface area contributed by atoms with Crippen molar-refractivity contribution in [2.45, 2.75) is 38.3 Å². The number of aliphatic carboxylic acids is 1. The number of hydrogen-bond acceptors (Lipinski definition) is 4. The van der Waals surface area contributed by atoms with Crippen molar-refractivity contribution in [3.05, 3.63) is 35.9 Å². The van der Waals surface area contributed by atoms with Gasteiger partial charge in [-0.05, 0) is 37.2 Å². The highest BCUT2D eigenvalue weighted by Crippen LogP contribution is 2.45. The van der Waals surface area contributed by atoms with Crippen LogP contribution in [0.15, 0.2) is 30.3 Å². The van der Waals surface area contributed by atoms with Gasteiger partial charge in [-0.15, -0.1) is 0 Å². The third kappa shape index (κ3) is 7.17. The molecule has 2 aliphatic heterocycles. The number of carbonyl (C=O) groups excluding carboxylic acids is 1. The molecule has 1 aromatic rings. The van der Waals surface area contributed by atoms with Crippen molar-refractivity contribution in [3.8, 4) is 0 Å². The van der Waals surface area contributed by atoms with E-state index in [0.717, 1.165) is 51.5 Å². The number of carboxylic acids is 1. The number of likely N-dealkylation sites (tertiary alicyclic amines) is 2. The van der Waals surface area contributed by atoms with Crippen LogP contribution >= 0.6 is 0 Å². The van der Waals surface area contributed by atoms with Crippen LogP contribution in [-0.2, 0) is 20.7 Å². The second kappa shape index (κ2) is 10.9. The lowest BCUT2D eigenvalue weighted by atomic mass is 9.77. The Morgan fingerprint density at radius 3 is 2.42 bits per heavy atom. The van der Waals surface area contributed by atoms with Crippen molar-refractivity contribution < 1.29 is 32.6 Å². The predicted octanol–water partition coefficient (Wildman–Crippen LogP) is 3.46. The summed E-state index contributed by atoms with van der Waals surface area (Å²) in [6.07, 6.45) is 0.337. The molecular formula is C24H33F3N2O4. The number of halogens is 3. The summed E-state index contributed by atoms with van der Waals surface area (Å²) < 4.78 is 37.3. The van der Waals surface area contributed by atoms with Gasteiger partial charge in [0.25, 0.3) is 0 Å². The molecule has 0 bridgehead atoms. The Morgan fingerprint density at radius 2 is 1.85 bits per heavy atom. The number of methoxy groups -OCH3 is 1. The highest BCUT2D eigenvalue weighted by molar-refractivity contribution is 5.77. The van der Waals surface area contributed by atoms with E-state index in [1.54, 1.807) is 0 Å². The average molecular weight is 471 g/mol. The summed E-state index contributed by atoms with van der Waals surface area (Å²) >= 11 is 0. The van der Waals surface area contributed by atoms with Crippen LogP contribution in [0.5, 0.6) is 0 Å². The Balaban J connectivity index is 0.000000383. The number of amides is 1. The Bertz CT molecular complexity index is 801. The first kappa shape index (κ1) is 25.5. The number of carbonyl (C=O) groups is 2. The van der Waals surface area contributed by atoms with E-state index < -0.39 is 12.1 Å². The van der Waals surface area contributed by atoms with Gasteiger partial charge in [0.1, 0.15) is 0 Å². The SMILES string of the molecule is COC[C@@H]1CN(CC2CC2)C[C@@]12CCN(C(=O)CCc1ccccc1)C2.O=C(O)C(F)(F)F. The molecule has 1 aromatic carbocycles. The van der Waals surface area contributed by atoms with Gasteiger partial charge in [0.2, 0.25) is 5.91 Å². The molecule has 6 nitrogen and oxygen atoms in total. The molecule has 1 spiro atoms. The van der Waals surface area contributed by atoms with Gasteiger partial charge in [-0.2, -0.15) is 13.2 Å². The first-order chi connectivity index (χ1) is 15.6. The molecule has 3 fully saturated rings. The van der Waals surface area contributed by atoms with E-state index >= 15 is 0 Å². The molecule has 0 radical (unpaired) electrons. The van der Waals surface area contributed by atoms with Crippen molar-refractivity contribution in [2.24, 2.45) is 17.3 Å². The third-order valence-electron chi connectivity index (χ3n) is 6.92. The van der Waals surface area contributed by atoms with Gasteiger partial charge in [-0.25, -0.2) is 4.79 Å². The van der Waals surface area contributed by atoms with Crippen LogP contribution in [0.4, 0.5) is 13.2 Å². The molecule has 1 N–H and O–H groups in total. The van der Waals surface area contributed by atoms with E-state index in [2.05, 4.69) is 21.9 Å². The van der Waals surface area contributed by atoms with Crippen molar-refractivity contribution in [2.75, 3.05) is 46.4 Å². The maximum Gasteiger partial charge on any atom is 0.490 e. The van der Waals surface area contributed by atoms with E-state index in [-0.39, 0.29) is 5.41 Å². The molecule has 0 unspecified atom stereocenters. The summed E-state index contributed by atoms with van der Waals surface area (Å²) in [5.74, 6) is -0.938. The minimum absolute atomic E-state index is 0.257. The van der Waals surface area contributed by atoms with Gasteiger partial charge in [-0.1, -0.05) is 30.3 Å². The molecule has 4 rings (SSSR count). The average Bonchev–Trinajstić information content (AvgIpc) is 3.38. The second-order valence-corrected chi connectivity index (χ2v) is 9.51. The number of aryl methyl sites for hydroxylation is 1. The van der Waals surface area contributed by atoms with Crippen molar-refractivity contribution in [3.63, 3.8) is 0 Å². The van der Waals surface area contributed by atoms with Crippen molar-refractivity contribution >= 4 is 11.9 Å². The quantitative estimate of drug-likeness (QED) is 0.661. The summed E-state index contributed by atoms with van der Waals surface area (Å²) in [6, 6.07) is 10.3. The van der Waals surface area contributed by atoms with E-state index in [0.29, 0.717) is 18.2 Å². The maximum atomic E-state index is 12.8. The normalized spacial score (nSPS) is 25.2. The molecule has 2 atom stereocenters. The molecule has 184 valence electrons. The van der Waals surface area contributed by atoms with Crippen LogP contribution < -0.4 is 0 Å². The monoisotopic (exact) mass is 470 g/mol. The zero-order valence-corrected chi connectivity index (χ0v) is 19.0. The number of alkyl halides is 3. The Hall–Kier alpha value is -2.13. The number of carboxylic acid groups (broad SMARTS) is 1. The Kier molecular flexibility index (Phi) is 8.39. The van der Waals surface area contributed by atoms with E-state index in [1.165, 1.54) is 24.9 Å². The highest BCUT2D eigenvalue weighted by atomic mass is 19.4. The van der Waals surface area contributed by atoms with Gasteiger partial charge >= 0.3 is 12.1 Å². The van der Waals surface area contributed by atoms with Gasteiger partial charge in [-0.3, -0.25) is 4.79 Å². The van der Waals surface area contributed by atoms with Crippen LogP contribution in [0.1, 0.15) is 31.2 Å². The van der Waals surface area contributed by atoms with E-state index in [9.17, 15) is 18.0 Å². The highest BCUT2D eigenvalue weighted by Gasteiger charge is 2.51. The van der Waals surface area contributed by atoms with Crippen LogP contribution in [-0.4, -0.2) is 79.4 Å². The maximum absolute atomic E-state index is 12.8. The number of nitrogens with zero attached hydrogens (tertiary/aromatic N) is 2.